The van der Waals surface area contributed by atoms with Crippen molar-refractivity contribution in [2.75, 3.05) is 33.9 Å². The van der Waals surface area contributed by atoms with E-state index < -0.39 is 0 Å². The SMILES string of the molecule is CNC(=O)CN=C(NN)NCCCOC. The molecule has 0 atom stereocenters. The van der Waals surface area contributed by atoms with Crippen LogP contribution in [0.3, 0.4) is 0 Å². The van der Waals surface area contributed by atoms with Gasteiger partial charge in [0, 0.05) is 27.3 Å². The first-order chi connectivity index (χ1) is 7.24. The van der Waals surface area contributed by atoms with Gasteiger partial charge in [-0.2, -0.15) is 0 Å². The number of hydrazine groups is 1. The number of methoxy groups -OCH3 is 1. The van der Waals surface area contributed by atoms with E-state index in [-0.39, 0.29) is 12.5 Å². The fourth-order valence-corrected chi connectivity index (χ4v) is 0.806. The Bertz CT molecular complexity index is 207. The summed E-state index contributed by atoms with van der Waals surface area (Å²) in [6.45, 7) is 1.40. The summed E-state index contributed by atoms with van der Waals surface area (Å²) in [7, 11) is 3.20. The van der Waals surface area contributed by atoms with E-state index in [0.29, 0.717) is 19.1 Å². The Labute approximate surface area is 89.4 Å². The van der Waals surface area contributed by atoms with Crippen LogP contribution in [0.5, 0.6) is 0 Å². The molecule has 0 fully saturated rings. The molecular formula is C8H19N5O2. The van der Waals surface area contributed by atoms with Crippen LogP contribution in [0.4, 0.5) is 0 Å². The number of carbonyl (C=O) groups excluding carboxylic acids is 1. The van der Waals surface area contributed by atoms with Gasteiger partial charge >= 0.3 is 0 Å². The number of aliphatic imine (C=N–C) groups is 1. The lowest BCUT2D eigenvalue weighted by Crippen LogP contribution is -2.42. The summed E-state index contributed by atoms with van der Waals surface area (Å²) in [5.41, 5.74) is 2.38. The van der Waals surface area contributed by atoms with Gasteiger partial charge in [-0.05, 0) is 6.42 Å². The molecule has 0 aliphatic heterocycles. The molecule has 0 heterocycles. The Morgan fingerprint density at radius 3 is 2.80 bits per heavy atom. The van der Waals surface area contributed by atoms with Crippen molar-refractivity contribution in [1.29, 1.82) is 0 Å². The average Bonchev–Trinajstić information content (AvgIpc) is 2.27. The van der Waals surface area contributed by atoms with Gasteiger partial charge in [-0.15, -0.1) is 0 Å². The molecular weight excluding hydrogens is 198 g/mol. The number of nitrogens with two attached hydrogens (primary N) is 1. The van der Waals surface area contributed by atoms with Crippen LogP contribution < -0.4 is 21.9 Å². The average molecular weight is 217 g/mol. The molecule has 0 rings (SSSR count). The topological polar surface area (TPSA) is 101 Å². The van der Waals surface area contributed by atoms with Crippen LogP contribution in [-0.2, 0) is 9.53 Å². The standard InChI is InChI=1S/C8H19N5O2/c1-10-7(14)6-12-8(13-9)11-4-3-5-15-2/h3-6,9H2,1-2H3,(H,10,14)(H2,11,12,13). The van der Waals surface area contributed by atoms with E-state index in [1.165, 1.54) is 0 Å². The van der Waals surface area contributed by atoms with E-state index in [1.54, 1.807) is 14.2 Å². The molecule has 0 aliphatic carbocycles. The number of ether oxygens (including phenoxy) is 1. The highest BCUT2D eigenvalue weighted by atomic mass is 16.5. The highest BCUT2D eigenvalue weighted by Gasteiger charge is 1.98. The monoisotopic (exact) mass is 217 g/mol. The van der Waals surface area contributed by atoms with E-state index in [2.05, 4.69) is 21.1 Å². The van der Waals surface area contributed by atoms with Crippen LogP contribution in [0, 0.1) is 0 Å². The molecule has 0 saturated carbocycles. The van der Waals surface area contributed by atoms with Crippen molar-refractivity contribution in [3.05, 3.63) is 0 Å². The van der Waals surface area contributed by atoms with Gasteiger partial charge in [-0.1, -0.05) is 0 Å². The molecule has 7 heteroatoms. The molecule has 1 amide bonds. The highest BCUT2D eigenvalue weighted by molar-refractivity contribution is 5.84. The summed E-state index contributed by atoms with van der Waals surface area (Å²) in [5, 5.41) is 5.40. The van der Waals surface area contributed by atoms with Crippen LogP contribution >= 0.6 is 0 Å². The van der Waals surface area contributed by atoms with Gasteiger partial charge in [-0.25, -0.2) is 10.8 Å². The molecule has 0 saturated heterocycles. The molecule has 0 aliphatic rings. The minimum Gasteiger partial charge on any atom is -0.385 e. The summed E-state index contributed by atoms with van der Waals surface area (Å²) < 4.78 is 4.88. The smallest absolute Gasteiger partial charge is 0.241 e. The maximum absolute atomic E-state index is 10.9. The first-order valence-corrected chi connectivity index (χ1v) is 4.69. The minimum atomic E-state index is -0.165. The van der Waals surface area contributed by atoms with Crippen LogP contribution in [0.25, 0.3) is 0 Å². The molecule has 0 aromatic rings. The van der Waals surface area contributed by atoms with E-state index >= 15 is 0 Å². The van der Waals surface area contributed by atoms with Crippen molar-refractivity contribution in [1.82, 2.24) is 16.1 Å². The molecule has 15 heavy (non-hydrogen) atoms. The fraction of sp³-hybridized carbons (Fsp3) is 0.750. The van der Waals surface area contributed by atoms with Crippen molar-refractivity contribution in [3.8, 4) is 0 Å². The molecule has 88 valence electrons. The zero-order valence-corrected chi connectivity index (χ0v) is 9.17. The van der Waals surface area contributed by atoms with E-state index in [4.69, 9.17) is 10.6 Å². The third-order valence-corrected chi connectivity index (χ3v) is 1.61. The largest absolute Gasteiger partial charge is 0.385 e. The van der Waals surface area contributed by atoms with E-state index in [1.807, 2.05) is 0 Å². The highest BCUT2D eigenvalue weighted by Crippen LogP contribution is 1.78. The van der Waals surface area contributed by atoms with Gasteiger partial charge in [0.2, 0.25) is 11.9 Å². The summed E-state index contributed by atoms with van der Waals surface area (Å²) in [6, 6.07) is 0. The van der Waals surface area contributed by atoms with Gasteiger partial charge in [0.25, 0.3) is 0 Å². The molecule has 0 unspecified atom stereocenters. The number of hydrogen-bond acceptors (Lipinski definition) is 4. The number of amides is 1. The van der Waals surface area contributed by atoms with Gasteiger partial charge in [0.05, 0.1) is 0 Å². The van der Waals surface area contributed by atoms with Crippen molar-refractivity contribution in [2.45, 2.75) is 6.42 Å². The summed E-state index contributed by atoms with van der Waals surface area (Å²) in [6.07, 6.45) is 0.844. The number of rotatable bonds is 6. The molecule has 0 aromatic heterocycles. The third kappa shape index (κ3) is 7.71. The number of hydrogen-bond donors (Lipinski definition) is 4. The van der Waals surface area contributed by atoms with Crippen molar-refractivity contribution in [2.24, 2.45) is 10.8 Å². The molecule has 0 spiro atoms. The molecule has 5 N–H and O–H groups in total. The van der Waals surface area contributed by atoms with Crippen LogP contribution in [0.2, 0.25) is 0 Å². The van der Waals surface area contributed by atoms with Gasteiger partial charge in [-0.3, -0.25) is 10.2 Å². The first-order valence-electron chi connectivity index (χ1n) is 4.69. The van der Waals surface area contributed by atoms with Crippen molar-refractivity contribution in [3.63, 3.8) is 0 Å². The molecule has 0 aromatic carbocycles. The van der Waals surface area contributed by atoms with Crippen molar-refractivity contribution >= 4 is 11.9 Å². The number of nitrogens with one attached hydrogen (secondary N) is 3. The minimum absolute atomic E-state index is 0.0489. The lowest BCUT2D eigenvalue weighted by Gasteiger charge is -2.08. The Hall–Kier alpha value is -1.34. The second kappa shape index (κ2) is 9.22. The second-order valence-electron chi connectivity index (χ2n) is 2.76. The Balaban J connectivity index is 3.75. The van der Waals surface area contributed by atoms with Crippen LogP contribution in [0.15, 0.2) is 4.99 Å². The Morgan fingerprint density at radius 2 is 2.27 bits per heavy atom. The number of guanidine groups is 1. The summed E-state index contributed by atoms with van der Waals surface area (Å²) in [5.74, 6) is 5.44. The van der Waals surface area contributed by atoms with Gasteiger partial charge in [0.15, 0.2) is 0 Å². The Morgan fingerprint density at radius 1 is 1.53 bits per heavy atom. The molecule has 7 nitrogen and oxygen atoms in total. The lowest BCUT2D eigenvalue weighted by molar-refractivity contribution is -0.119. The summed E-state index contributed by atoms with van der Waals surface area (Å²) >= 11 is 0. The maximum Gasteiger partial charge on any atom is 0.241 e. The summed E-state index contributed by atoms with van der Waals surface area (Å²) in [4.78, 5) is 14.8. The van der Waals surface area contributed by atoms with Gasteiger partial charge < -0.3 is 15.4 Å². The zero-order valence-electron chi connectivity index (χ0n) is 9.17. The van der Waals surface area contributed by atoms with E-state index in [0.717, 1.165) is 6.42 Å². The normalized spacial score (nSPS) is 11.0. The first kappa shape index (κ1) is 13.7. The lowest BCUT2D eigenvalue weighted by atomic mass is 10.4. The van der Waals surface area contributed by atoms with Crippen LogP contribution in [-0.4, -0.2) is 45.7 Å². The zero-order chi connectivity index (χ0) is 11.5. The fourth-order valence-electron chi connectivity index (χ4n) is 0.806. The molecule has 0 radical (unpaired) electrons. The van der Waals surface area contributed by atoms with E-state index in [9.17, 15) is 4.79 Å². The number of nitrogens with zero attached hydrogens (tertiary/aromatic N) is 1. The Kier molecular flexibility index (Phi) is 8.40. The number of likely N-dealkylation sites (N-methyl/N-ethyl adjacent to an activating group) is 1. The number of carbonyl (C=O) groups is 1. The predicted octanol–water partition coefficient (Wildman–Crippen LogP) is -1.82. The quantitative estimate of drug-likeness (QED) is 0.138. The predicted molar refractivity (Wildman–Crippen MR) is 58.2 cm³/mol. The molecule has 0 bridgehead atoms. The maximum atomic E-state index is 10.9. The van der Waals surface area contributed by atoms with Crippen molar-refractivity contribution < 1.29 is 9.53 Å². The third-order valence-electron chi connectivity index (χ3n) is 1.61. The van der Waals surface area contributed by atoms with Crippen LogP contribution in [0.1, 0.15) is 6.42 Å². The second-order valence-corrected chi connectivity index (χ2v) is 2.76. The van der Waals surface area contributed by atoms with Gasteiger partial charge in [0.1, 0.15) is 6.54 Å².